The molecule has 15 heavy (non-hydrogen) atoms. The van der Waals surface area contributed by atoms with Gasteiger partial charge in [0.1, 0.15) is 0 Å². The van der Waals surface area contributed by atoms with Gasteiger partial charge >= 0.3 is 12.9 Å². The molecule has 0 bridgehead atoms. The third-order valence-corrected chi connectivity index (χ3v) is 3.47. The third kappa shape index (κ3) is 4.27. The molecular weight excluding hydrogens is 252 g/mol. The maximum atomic E-state index is 12.2. The van der Waals surface area contributed by atoms with Gasteiger partial charge in [0, 0.05) is 12.1 Å². The highest BCUT2D eigenvalue weighted by Gasteiger charge is 2.32. The summed E-state index contributed by atoms with van der Waals surface area (Å²) in [5.41, 5.74) is -0.902. The van der Waals surface area contributed by atoms with Gasteiger partial charge in [0.05, 0.1) is 5.56 Å². The summed E-state index contributed by atoms with van der Waals surface area (Å²) in [4.78, 5) is 26.0. The van der Waals surface area contributed by atoms with Gasteiger partial charge in [-0.2, -0.15) is 13.2 Å². The first-order valence-corrected chi connectivity index (χ1v) is 6.69. The number of benzene rings is 1. The van der Waals surface area contributed by atoms with E-state index < -0.39 is 18.5 Å². The maximum absolute atomic E-state index is 12.2. The van der Waals surface area contributed by atoms with E-state index in [0.29, 0.717) is 0 Å². The monoisotopic (exact) mass is 259 g/mol. The minimum absolute atomic E-state index is 0.0503. The van der Waals surface area contributed by atoms with Gasteiger partial charge in [-0.25, -0.2) is 0 Å². The molecule has 1 aromatic carbocycles. The van der Waals surface area contributed by atoms with Crippen LogP contribution >= 0.6 is 6.72 Å². The predicted octanol–water partition coefficient (Wildman–Crippen LogP) is 1.80. The lowest BCUT2D eigenvalue weighted by Crippen LogP contribution is -2.04. The van der Waals surface area contributed by atoms with Crippen LogP contribution in [0.1, 0.15) is 5.56 Å². The second-order valence-corrected chi connectivity index (χ2v) is 6.33. The standard InChI is InChI=1S/C7H7F3O3PS/c8-7(9,10)5-2-1-3-6(4-5)15-14(11,12)13/h1-4,11-13H/q+1. The molecule has 1 aromatic rings. The van der Waals surface area contributed by atoms with E-state index >= 15 is 0 Å². The van der Waals surface area contributed by atoms with Crippen LogP contribution in [0.15, 0.2) is 29.2 Å². The topological polar surface area (TPSA) is 60.7 Å². The summed E-state index contributed by atoms with van der Waals surface area (Å²) in [7, 11) is 0.209. The molecule has 0 amide bonds. The summed E-state index contributed by atoms with van der Waals surface area (Å²) >= 11 is 0. The normalized spacial score (nSPS) is 12.7. The third-order valence-electron chi connectivity index (χ3n) is 1.39. The van der Waals surface area contributed by atoms with Gasteiger partial charge < -0.3 is 0 Å². The van der Waals surface area contributed by atoms with Crippen molar-refractivity contribution in [2.45, 2.75) is 11.1 Å². The first kappa shape index (κ1) is 12.6. The fourth-order valence-electron chi connectivity index (χ4n) is 0.871. The number of rotatable bonds is 1. The molecule has 0 aliphatic heterocycles. The number of hydrogen-bond acceptors (Lipinski definition) is 0. The molecule has 0 spiro atoms. The van der Waals surface area contributed by atoms with Gasteiger partial charge in [-0.3, -0.25) is 14.7 Å². The summed E-state index contributed by atoms with van der Waals surface area (Å²) in [5, 5.41) is 0. The Morgan fingerprint density at radius 1 is 1.13 bits per heavy atom. The number of hydrogen-bond donors (Lipinski definition) is 3. The minimum Gasteiger partial charge on any atom is -0.289 e. The highest BCUT2D eigenvalue weighted by Crippen LogP contribution is 2.35. The van der Waals surface area contributed by atoms with Gasteiger partial charge in [-0.1, -0.05) is 6.07 Å². The Morgan fingerprint density at radius 2 is 1.73 bits per heavy atom. The van der Waals surface area contributed by atoms with Gasteiger partial charge in [0.25, 0.3) is 10.9 Å². The summed E-state index contributed by atoms with van der Waals surface area (Å²) < 4.78 is 36.6. The molecule has 84 valence electrons. The molecule has 0 aromatic heterocycles. The zero-order chi connectivity index (χ0) is 11.7. The van der Waals surface area contributed by atoms with E-state index in [4.69, 9.17) is 14.7 Å². The average molecular weight is 259 g/mol. The van der Waals surface area contributed by atoms with Crippen LogP contribution in [0.5, 0.6) is 0 Å². The Bertz CT molecular complexity index is 404. The van der Waals surface area contributed by atoms with Gasteiger partial charge in [0.15, 0.2) is 0 Å². The Kier molecular flexibility index (Phi) is 3.52. The molecule has 0 fully saturated rings. The van der Waals surface area contributed by atoms with Crippen LogP contribution in [0.25, 0.3) is 0 Å². The van der Waals surface area contributed by atoms with Crippen LogP contribution in [0.2, 0.25) is 0 Å². The van der Waals surface area contributed by atoms with Gasteiger partial charge in [-0.15, -0.1) is 0 Å². The number of alkyl halides is 3. The molecule has 0 atom stereocenters. The van der Waals surface area contributed by atoms with E-state index in [1.165, 1.54) is 6.07 Å². The van der Waals surface area contributed by atoms with Crippen LogP contribution in [0.3, 0.4) is 0 Å². The Morgan fingerprint density at radius 3 is 2.20 bits per heavy atom. The van der Waals surface area contributed by atoms with Crippen molar-refractivity contribution in [1.82, 2.24) is 0 Å². The smallest absolute Gasteiger partial charge is 0.289 e. The second kappa shape index (κ2) is 4.19. The van der Waals surface area contributed by atoms with Crippen molar-refractivity contribution in [3.05, 3.63) is 29.8 Å². The zero-order valence-corrected chi connectivity index (χ0v) is 8.85. The van der Waals surface area contributed by atoms with Gasteiger partial charge in [-0.05, 0) is 6.07 Å². The van der Waals surface area contributed by atoms with Crippen molar-refractivity contribution < 1.29 is 27.9 Å². The van der Waals surface area contributed by atoms with Crippen molar-refractivity contribution in [1.29, 1.82) is 0 Å². The summed E-state index contributed by atoms with van der Waals surface area (Å²) in [6.45, 7) is -4.16. The summed E-state index contributed by atoms with van der Waals surface area (Å²) in [6.07, 6.45) is -4.49. The molecule has 0 aliphatic rings. The Hall–Kier alpha value is -0.460. The van der Waals surface area contributed by atoms with E-state index in [0.717, 1.165) is 18.2 Å². The fourth-order valence-corrected chi connectivity index (χ4v) is 2.66. The quantitative estimate of drug-likeness (QED) is 0.532. The van der Waals surface area contributed by atoms with E-state index in [9.17, 15) is 13.2 Å². The highest BCUT2D eigenvalue weighted by atomic mass is 32.5. The van der Waals surface area contributed by atoms with Crippen LogP contribution in [-0.2, 0) is 17.1 Å². The molecule has 1 rings (SSSR count). The first-order valence-electron chi connectivity index (χ1n) is 3.63. The van der Waals surface area contributed by atoms with Crippen molar-refractivity contribution in [2.24, 2.45) is 0 Å². The van der Waals surface area contributed by atoms with E-state index in [-0.39, 0.29) is 15.8 Å². The molecule has 0 heterocycles. The largest absolute Gasteiger partial charge is 0.521 e. The van der Waals surface area contributed by atoms with Gasteiger partial charge in [0.2, 0.25) is 4.90 Å². The second-order valence-electron chi connectivity index (χ2n) is 2.63. The Balaban J connectivity index is 3.15. The molecule has 3 N–H and O–H groups in total. The number of halogens is 3. The predicted molar refractivity (Wildman–Crippen MR) is 50.7 cm³/mol. The summed E-state index contributed by atoms with van der Waals surface area (Å²) in [5.74, 6) is 0. The van der Waals surface area contributed by atoms with E-state index in [1.807, 2.05) is 0 Å². The molecule has 3 nitrogen and oxygen atoms in total. The molecule has 0 aliphatic carbocycles. The lowest BCUT2D eigenvalue weighted by Gasteiger charge is -2.04. The molecule has 0 unspecified atom stereocenters. The maximum Gasteiger partial charge on any atom is 0.521 e. The molecule has 8 heteroatoms. The van der Waals surface area contributed by atoms with Crippen molar-refractivity contribution >= 4 is 17.7 Å². The van der Waals surface area contributed by atoms with E-state index in [2.05, 4.69) is 0 Å². The average Bonchev–Trinajstić information content (AvgIpc) is 1.99. The molecular formula is C7H7F3O3PS+. The SMILES string of the molecule is OP(O)(O)=[S+]c1cccc(C(F)(F)F)c1. The molecule has 0 saturated heterocycles. The van der Waals surface area contributed by atoms with E-state index in [1.54, 1.807) is 0 Å². The lowest BCUT2D eigenvalue weighted by molar-refractivity contribution is -0.137. The summed E-state index contributed by atoms with van der Waals surface area (Å²) in [6, 6.07) is 3.97. The first-order chi connectivity index (χ1) is 6.68. The van der Waals surface area contributed by atoms with Crippen LogP contribution in [0.4, 0.5) is 13.2 Å². The molecule has 0 radical (unpaired) electrons. The van der Waals surface area contributed by atoms with Crippen molar-refractivity contribution in [2.75, 3.05) is 0 Å². The molecule has 0 saturated carbocycles. The van der Waals surface area contributed by atoms with Crippen LogP contribution < -0.4 is 0 Å². The van der Waals surface area contributed by atoms with Crippen LogP contribution in [-0.4, -0.2) is 14.7 Å². The Labute approximate surface area is 87.0 Å². The zero-order valence-electron chi connectivity index (χ0n) is 7.14. The highest BCUT2D eigenvalue weighted by molar-refractivity contribution is 8.16. The lowest BCUT2D eigenvalue weighted by atomic mass is 10.2. The van der Waals surface area contributed by atoms with Crippen molar-refractivity contribution in [3.8, 4) is 0 Å². The minimum atomic E-state index is -4.49. The fraction of sp³-hybridized carbons (Fsp3) is 0.143. The van der Waals surface area contributed by atoms with Crippen LogP contribution in [0, 0.1) is 0 Å². The van der Waals surface area contributed by atoms with Crippen molar-refractivity contribution in [3.63, 3.8) is 0 Å².